The summed E-state index contributed by atoms with van der Waals surface area (Å²) in [6, 6.07) is 8.82. The number of piperazine rings is 1. The second-order valence-corrected chi connectivity index (χ2v) is 5.87. The molecule has 7 heteroatoms. The lowest BCUT2D eigenvalue weighted by molar-refractivity contribution is -0.128. The van der Waals surface area contributed by atoms with Gasteiger partial charge in [0.15, 0.2) is 5.78 Å². The summed E-state index contributed by atoms with van der Waals surface area (Å²) in [6.45, 7) is 5.63. The van der Waals surface area contributed by atoms with Gasteiger partial charge in [-0.05, 0) is 31.2 Å². The molecule has 1 saturated heterocycles. The second kappa shape index (κ2) is 8.97. The van der Waals surface area contributed by atoms with Crippen LogP contribution < -0.4 is 11.1 Å². The van der Waals surface area contributed by atoms with E-state index in [4.69, 9.17) is 5.73 Å². The molecule has 1 aromatic carbocycles. The van der Waals surface area contributed by atoms with Crippen LogP contribution in [0.1, 0.15) is 17.3 Å². The van der Waals surface area contributed by atoms with E-state index >= 15 is 0 Å². The van der Waals surface area contributed by atoms with Crippen LogP contribution in [0, 0.1) is 11.3 Å². The number of carbonyl (C=O) groups excluding carboxylic acids is 2. The lowest BCUT2D eigenvalue weighted by Gasteiger charge is -2.34. The Hall–Kier alpha value is -2.69. The molecule has 0 bridgehead atoms. The predicted octanol–water partition coefficient (Wildman–Crippen LogP) is 0.811. The van der Waals surface area contributed by atoms with Gasteiger partial charge in [0.25, 0.3) is 5.91 Å². The summed E-state index contributed by atoms with van der Waals surface area (Å²) >= 11 is 0. The average Bonchev–Trinajstić information content (AvgIpc) is 2.63. The van der Waals surface area contributed by atoms with Gasteiger partial charge in [-0.1, -0.05) is 0 Å². The molecule has 132 valence electrons. The predicted molar refractivity (Wildman–Crippen MR) is 95.8 cm³/mol. The first-order valence-corrected chi connectivity index (χ1v) is 8.24. The topological polar surface area (TPSA) is 102 Å². The van der Waals surface area contributed by atoms with E-state index in [1.165, 1.54) is 13.1 Å². The molecule has 0 atom stereocenters. The molecule has 1 amide bonds. The minimum atomic E-state index is -0.275. The normalized spacial score (nSPS) is 15.6. The van der Waals surface area contributed by atoms with E-state index in [2.05, 4.69) is 10.2 Å². The highest BCUT2D eigenvalue weighted by Crippen LogP contribution is 2.12. The van der Waals surface area contributed by atoms with E-state index in [1.54, 1.807) is 29.2 Å². The molecular weight excluding hydrogens is 318 g/mol. The molecule has 2 rings (SSSR count). The molecule has 0 unspecified atom stereocenters. The summed E-state index contributed by atoms with van der Waals surface area (Å²) in [6.07, 6.45) is 1.41. The third kappa shape index (κ3) is 5.14. The number of carbonyl (C=O) groups is 2. The lowest BCUT2D eigenvalue weighted by atomic mass is 10.1. The summed E-state index contributed by atoms with van der Waals surface area (Å²) in [4.78, 5) is 27.6. The minimum absolute atomic E-state index is 0.0104. The number of benzene rings is 1. The first-order chi connectivity index (χ1) is 12.0. The maximum atomic E-state index is 12.5. The number of amides is 1. The maximum Gasteiger partial charge on any atom is 0.266 e. The van der Waals surface area contributed by atoms with E-state index < -0.39 is 0 Å². The summed E-state index contributed by atoms with van der Waals surface area (Å²) < 4.78 is 0. The number of nitriles is 1. The third-order valence-electron chi connectivity index (χ3n) is 4.13. The molecular formula is C18H23N5O2. The number of nitrogens with two attached hydrogens (primary N) is 1. The Morgan fingerprint density at radius 2 is 1.88 bits per heavy atom. The number of nitrogens with one attached hydrogen (secondary N) is 1. The van der Waals surface area contributed by atoms with Crippen LogP contribution in [0.5, 0.6) is 0 Å². The van der Waals surface area contributed by atoms with Crippen molar-refractivity contribution >= 4 is 17.4 Å². The minimum Gasteiger partial charge on any atom is -0.360 e. The molecule has 1 fully saturated rings. The van der Waals surface area contributed by atoms with Crippen LogP contribution in [0.2, 0.25) is 0 Å². The average molecular weight is 341 g/mol. The molecule has 0 spiro atoms. The van der Waals surface area contributed by atoms with Crippen molar-refractivity contribution in [3.63, 3.8) is 0 Å². The van der Waals surface area contributed by atoms with Gasteiger partial charge in [-0.3, -0.25) is 14.5 Å². The highest BCUT2D eigenvalue weighted by molar-refractivity contribution is 5.97. The Kier molecular flexibility index (Phi) is 6.69. The van der Waals surface area contributed by atoms with E-state index in [1.807, 2.05) is 6.07 Å². The molecule has 1 aromatic rings. The Morgan fingerprint density at radius 1 is 1.24 bits per heavy atom. The zero-order chi connectivity index (χ0) is 18.2. The summed E-state index contributed by atoms with van der Waals surface area (Å²) in [7, 11) is 0. The van der Waals surface area contributed by atoms with Gasteiger partial charge in [-0.2, -0.15) is 5.26 Å². The Balaban J connectivity index is 1.96. The summed E-state index contributed by atoms with van der Waals surface area (Å²) in [5.74, 6) is -0.286. The molecule has 0 aliphatic carbocycles. The number of nitrogens with zero attached hydrogens (tertiary/aromatic N) is 3. The van der Waals surface area contributed by atoms with E-state index in [-0.39, 0.29) is 17.3 Å². The van der Waals surface area contributed by atoms with Gasteiger partial charge < -0.3 is 16.0 Å². The molecule has 1 aliphatic rings. The SMILES string of the molecule is CC(=O)c1ccc(N/C=C(/C#N)C(=O)N2CCN(CCN)CC2)cc1. The van der Waals surface area contributed by atoms with Crippen molar-refractivity contribution in [3.05, 3.63) is 41.6 Å². The van der Waals surface area contributed by atoms with Crippen molar-refractivity contribution in [3.8, 4) is 6.07 Å². The fourth-order valence-corrected chi connectivity index (χ4v) is 2.63. The van der Waals surface area contributed by atoms with Gasteiger partial charge in [-0.25, -0.2) is 0 Å². The monoisotopic (exact) mass is 341 g/mol. The fourth-order valence-electron chi connectivity index (χ4n) is 2.63. The number of hydrogen-bond donors (Lipinski definition) is 2. The van der Waals surface area contributed by atoms with Gasteiger partial charge >= 0.3 is 0 Å². The van der Waals surface area contributed by atoms with Crippen molar-refractivity contribution in [1.82, 2.24) is 9.80 Å². The van der Waals surface area contributed by atoms with Crippen LogP contribution in [0.15, 0.2) is 36.0 Å². The van der Waals surface area contributed by atoms with Crippen molar-refractivity contribution in [2.24, 2.45) is 5.73 Å². The highest BCUT2D eigenvalue weighted by Gasteiger charge is 2.23. The zero-order valence-electron chi connectivity index (χ0n) is 14.4. The number of rotatable bonds is 6. The summed E-state index contributed by atoms with van der Waals surface area (Å²) in [5.41, 5.74) is 6.92. The van der Waals surface area contributed by atoms with Crippen molar-refractivity contribution in [2.45, 2.75) is 6.92 Å². The second-order valence-electron chi connectivity index (χ2n) is 5.87. The van der Waals surface area contributed by atoms with Gasteiger partial charge in [-0.15, -0.1) is 0 Å². The molecule has 1 heterocycles. The van der Waals surface area contributed by atoms with Gasteiger partial charge in [0.05, 0.1) is 0 Å². The van der Waals surface area contributed by atoms with Gasteiger partial charge in [0.1, 0.15) is 11.6 Å². The molecule has 0 aromatic heterocycles. The van der Waals surface area contributed by atoms with Crippen molar-refractivity contribution in [2.75, 3.05) is 44.6 Å². The Labute approximate surface area is 147 Å². The van der Waals surface area contributed by atoms with Crippen LogP contribution in [-0.2, 0) is 4.79 Å². The van der Waals surface area contributed by atoms with E-state index in [0.717, 1.165) is 19.6 Å². The third-order valence-corrected chi connectivity index (χ3v) is 4.13. The lowest BCUT2D eigenvalue weighted by Crippen LogP contribution is -2.50. The van der Waals surface area contributed by atoms with Crippen LogP contribution in [0.3, 0.4) is 0 Å². The maximum absolute atomic E-state index is 12.5. The van der Waals surface area contributed by atoms with E-state index in [0.29, 0.717) is 30.9 Å². The summed E-state index contributed by atoms with van der Waals surface area (Å²) in [5, 5.41) is 12.2. The quantitative estimate of drug-likeness (QED) is 0.451. The van der Waals surface area contributed by atoms with E-state index in [9.17, 15) is 14.9 Å². The highest BCUT2D eigenvalue weighted by atomic mass is 16.2. The fraction of sp³-hybridized carbons (Fsp3) is 0.389. The largest absolute Gasteiger partial charge is 0.360 e. The van der Waals surface area contributed by atoms with Crippen LogP contribution in [0.4, 0.5) is 5.69 Å². The Morgan fingerprint density at radius 3 is 2.40 bits per heavy atom. The van der Waals surface area contributed by atoms with Gasteiger partial charge in [0.2, 0.25) is 0 Å². The molecule has 1 aliphatic heterocycles. The molecule has 7 nitrogen and oxygen atoms in total. The van der Waals surface area contributed by atoms with Crippen LogP contribution in [0.25, 0.3) is 0 Å². The molecule has 25 heavy (non-hydrogen) atoms. The molecule has 3 N–H and O–H groups in total. The van der Waals surface area contributed by atoms with Crippen molar-refractivity contribution in [1.29, 1.82) is 5.26 Å². The van der Waals surface area contributed by atoms with Crippen LogP contribution in [-0.4, -0.2) is 60.8 Å². The standard InChI is InChI=1S/C18H23N5O2/c1-14(24)15-2-4-17(5-3-15)21-13-16(12-20)18(25)23-10-8-22(7-6-19)9-11-23/h2-5,13,21H,6-11,19H2,1H3/b16-13-. The number of hydrogen-bond acceptors (Lipinski definition) is 6. The van der Waals surface area contributed by atoms with Crippen molar-refractivity contribution < 1.29 is 9.59 Å². The number of anilines is 1. The molecule has 0 radical (unpaired) electrons. The molecule has 0 saturated carbocycles. The first-order valence-electron chi connectivity index (χ1n) is 8.24. The Bertz CT molecular complexity index is 682. The zero-order valence-corrected chi connectivity index (χ0v) is 14.4. The number of Topliss-reactive ketones (excluding diaryl/α,β-unsaturated/α-hetero) is 1. The smallest absolute Gasteiger partial charge is 0.266 e. The van der Waals surface area contributed by atoms with Crippen LogP contribution >= 0.6 is 0 Å². The number of ketones is 1. The first kappa shape index (κ1) is 18.6. The van der Waals surface area contributed by atoms with Gasteiger partial charge in [0, 0.05) is 56.7 Å².